The van der Waals surface area contributed by atoms with E-state index >= 15 is 0 Å². The highest BCUT2D eigenvalue weighted by Crippen LogP contribution is 2.07. The minimum atomic E-state index is -0.981. The van der Waals surface area contributed by atoms with Gasteiger partial charge in [-0.3, -0.25) is 0 Å². The maximum atomic E-state index is 11.0. The first kappa shape index (κ1) is 20.7. The molecule has 0 amide bonds. The molecule has 20 heavy (non-hydrogen) atoms. The summed E-state index contributed by atoms with van der Waals surface area (Å²) in [6.45, 7) is 10.9. The van der Waals surface area contributed by atoms with E-state index < -0.39 is 5.97 Å². The van der Waals surface area contributed by atoms with Crippen molar-refractivity contribution in [2.45, 2.75) is 58.8 Å². The van der Waals surface area contributed by atoms with Crippen LogP contribution in [0.1, 0.15) is 58.8 Å². The number of carboxylic acids is 1. The molecule has 0 aliphatic rings. The lowest BCUT2D eigenvalue weighted by Crippen LogP contribution is -2.05. The average molecular weight is 284 g/mol. The van der Waals surface area contributed by atoms with Crippen LogP contribution in [0.4, 0.5) is 0 Å². The van der Waals surface area contributed by atoms with Gasteiger partial charge in [0.2, 0.25) is 0 Å². The van der Waals surface area contributed by atoms with Gasteiger partial charge in [0.05, 0.1) is 6.61 Å². The lowest BCUT2D eigenvalue weighted by molar-refractivity contribution is -0.139. The second-order valence-electron chi connectivity index (χ2n) is 4.58. The Morgan fingerprint density at radius 2 is 1.55 bits per heavy atom. The molecular weight excluding hydrogens is 256 g/mol. The summed E-state index contributed by atoms with van der Waals surface area (Å²) < 4.78 is 4.99. The first-order valence-electron chi connectivity index (χ1n) is 7.13. The van der Waals surface area contributed by atoms with E-state index in [0.717, 1.165) is 18.9 Å². The van der Waals surface area contributed by atoms with Crippen LogP contribution in [0.3, 0.4) is 0 Å². The third kappa shape index (κ3) is 18.8. The first-order valence-corrected chi connectivity index (χ1v) is 7.13. The molecular formula is C16H28O4. The molecule has 1 N–H and O–H groups in total. The standard InChI is InChI=1S/C13H24O2.C3H4O2/c1-4-5-6-7-8-9-10-11-15-13(14)12(2)3;1-2-3(4)5/h2,4-11H2,1,3H3;2H,1H2,(H,4,5). The fourth-order valence-corrected chi connectivity index (χ4v) is 1.35. The quantitative estimate of drug-likeness (QED) is 0.372. The zero-order chi connectivity index (χ0) is 15.8. The van der Waals surface area contributed by atoms with Crippen molar-refractivity contribution in [2.24, 2.45) is 0 Å². The molecule has 0 aliphatic carbocycles. The van der Waals surface area contributed by atoms with Gasteiger partial charge in [0.15, 0.2) is 0 Å². The molecule has 0 aliphatic heterocycles. The van der Waals surface area contributed by atoms with Crippen molar-refractivity contribution < 1.29 is 19.4 Å². The fourth-order valence-electron chi connectivity index (χ4n) is 1.35. The molecule has 0 unspecified atom stereocenters. The van der Waals surface area contributed by atoms with E-state index in [1.807, 2.05) is 0 Å². The molecule has 0 saturated carbocycles. The van der Waals surface area contributed by atoms with E-state index in [4.69, 9.17) is 9.84 Å². The molecule has 0 fully saturated rings. The number of aliphatic carboxylic acids is 1. The number of hydrogen-bond acceptors (Lipinski definition) is 3. The second-order valence-corrected chi connectivity index (χ2v) is 4.58. The van der Waals surface area contributed by atoms with Crippen LogP contribution >= 0.6 is 0 Å². The number of hydrogen-bond donors (Lipinski definition) is 1. The average Bonchev–Trinajstić information content (AvgIpc) is 2.42. The number of carbonyl (C=O) groups is 2. The summed E-state index contributed by atoms with van der Waals surface area (Å²) in [6, 6.07) is 0. The molecule has 0 radical (unpaired) electrons. The van der Waals surface area contributed by atoms with E-state index in [1.165, 1.54) is 32.1 Å². The molecule has 0 rings (SSSR count). The molecule has 0 spiro atoms. The number of ether oxygens (including phenoxy) is 1. The van der Waals surface area contributed by atoms with Crippen LogP contribution in [0.5, 0.6) is 0 Å². The normalized spacial score (nSPS) is 9.10. The minimum absolute atomic E-state index is 0.263. The van der Waals surface area contributed by atoms with Crippen molar-refractivity contribution >= 4 is 11.9 Å². The van der Waals surface area contributed by atoms with Crippen molar-refractivity contribution in [1.82, 2.24) is 0 Å². The van der Waals surface area contributed by atoms with Crippen molar-refractivity contribution in [2.75, 3.05) is 6.61 Å². The summed E-state index contributed by atoms with van der Waals surface area (Å²) in [5.41, 5.74) is 0.484. The predicted octanol–water partition coefficient (Wildman–Crippen LogP) is 4.11. The molecule has 116 valence electrons. The Morgan fingerprint density at radius 3 is 1.95 bits per heavy atom. The summed E-state index contributed by atoms with van der Waals surface area (Å²) in [6.07, 6.45) is 9.49. The maximum absolute atomic E-state index is 11.0. The number of rotatable bonds is 10. The maximum Gasteiger partial charge on any atom is 0.333 e. The Bertz CT molecular complexity index is 295. The van der Waals surface area contributed by atoms with Crippen LogP contribution in [-0.4, -0.2) is 23.7 Å². The van der Waals surface area contributed by atoms with Gasteiger partial charge in [-0.2, -0.15) is 0 Å². The third-order valence-corrected chi connectivity index (χ3v) is 2.50. The third-order valence-electron chi connectivity index (χ3n) is 2.50. The van der Waals surface area contributed by atoms with Crippen molar-refractivity contribution in [3.8, 4) is 0 Å². The fraction of sp³-hybridized carbons (Fsp3) is 0.625. The Labute approximate surface area is 122 Å². The van der Waals surface area contributed by atoms with E-state index in [2.05, 4.69) is 20.1 Å². The molecule has 0 saturated heterocycles. The molecule has 0 heterocycles. The van der Waals surface area contributed by atoms with E-state index in [-0.39, 0.29) is 5.97 Å². The molecule has 4 heteroatoms. The van der Waals surface area contributed by atoms with Gasteiger partial charge < -0.3 is 9.84 Å². The lowest BCUT2D eigenvalue weighted by atomic mass is 10.1. The first-order chi connectivity index (χ1) is 9.45. The largest absolute Gasteiger partial charge is 0.478 e. The van der Waals surface area contributed by atoms with Crippen LogP contribution in [0.25, 0.3) is 0 Å². The second kappa shape index (κ2) is 15.5. The van der Waals surface area contributed by atoms with Crippen LogP contribution in [0.2, 0.25) is 0 Å². The SMILES string of the molecule is C=C(C)C(=O)OCCCCCCCCC.C=CC(=O)O. The van der Waals surface area contributed by atoms with Gasteiger partial charge in [-0.1, -0.05) is 58.6 Å². The highest BCUT2D eigenvalue weighted by Gasteiger charge is 2.01. The summed E-state index contributed by atoms with van der Waals surface area (Å²) in [5, 5.41) is 7.60. The highest BCUT2D eigenvalue weighted by molar-refractivity contribution is 5.86. The van der Waals surface area contributed by atoms with E-state index in [1.54, 1.807) is 6.92 Å². The van der Waals surface area contributed by atoms with Crippen LogP contribution < -0.4 is 0 Å². The van der Waals surface area contributed by atoms with Gasteiger partial charge >= 0.3 is 11.9 Å². The Kier molecular flexibility index (Phi) is 16.0. The number of esters is 1. The van der Waals surface area contributed by atoms with Gasteiger partial charge in [0.25, 0.3) is 0 Å². The predicted molar refractivity (Wildman–Crippen MR) is 81.6 cm³/mol. The molecule has 0 aromatic heterocycles. The molecule has 4 nitrogen and oxygen atoms in total. The van der Waals surface area contributed by atoms with E-state index in [9.17, 15) is 9.59 Å². The zero-order valence-corrected chi connectivity index (χ0v) is 12.8. The van der Waals surface area contributed by atoms with Crippen LogP contribution in [0.15, 0.2) is 24.8 Å². The smallest absolute Gasteiger partial charge is 0.333 e. The summed E-state index contributed by atoms with van der Waals surface area (Å²) >= 11 is 0. The zero-order valence-electron chi connectivity index (χ0n) is 12.8. The molecule has 0 aromatic carbocycles. The van der Waals surface area contributed by atoms with Crippen molar-refractivity contribution in [3.05, 3.63) is 24.8 Å². The van der Waals surface area contributed by atoms with Crippen LogP contribution in [0, 0.1) is 0 Å². The number of carboxylic acid groups (broad SMARTS) is 1. The molecule has 0 bridgehead atoms. The number of unbranched alkanes of at least 4 members (excludes halogenated alkanes) is 6. The number of carbonyl (C=O) groups excluding carboxylic acids is 1. The van der Waals surface area contributed by atoms with Crippen LogP contribution in [-0.2, 0) is 14.3 Å². The van der Waals surface area contributed by atoms with E-state index in [0.29, 0.717) is 12.2 Å². The van der Waals surface area contributed by atoms with Crippen molar-refractivity contribution in [3.63, 3.8) is 0 Å². The summed E-state index contributed by atoms with van der Waals surface area (Å²) in [4.78, 5) is 20.2. The highest BCUT2D eigenvalue weighted by atomic mass is 16.5. The topological polar surface area (TPSA) is 63.6 Å². The Morgan fingerprint density at radius 1 is 1.10 bits per heavy atom. The molecule has 0 aromatic rings. The van der Waals surface area contributed by atoms with Gasteiger partial charge in [-0.25, -0.2) is 9.59 Å². The van der Waals surface area contributed by atoms with Gasteiger partial charge in [-0.05, 0) is 13.3 Å². The van der Waals surface area contributed by atoms with Crippen molar-refractivity contribution in [1.29, 1.82) is 0 Å². The van der Waals surface area contributed by atoms with Gasteiger partial charge in [0, 0.05) is 11.6 Å². The summed E-state index contributed by atoms with van der Waals surface area (Å²) in [5.74, 6) is -1.24. The van der Waals surface area contributed by atoms with Gasteiger partial charge in [0.1, 0.15) is 0 Å². The van der Waals surface area contributed by atoms with Gasteiger partial charge in [-0.15, -0.1) is 0 Å². The Hall–Kier alpha value is -1.58. The summed E-state index contributed by atoms with van der Waals surface area (Å²) in [7, 11) is 0. The Balaban J connectivity index is 0. The minimum Gasteiger partial charge on any atom is -0.478 e. The monoisotopic (exact) mass is 284 g/mol. The molecule has 0 atom stereocenters. The lowest BCUT2D eigenvalue weighted by Gasteiger charge is -2.04.